The van der Waals surface area contributed by atoms with Gasteiger partial charge in [-0.05, 0) is 72.9 Å². The molecule has 1 saturated carbocycles. The predicted molar refractivity (Wildman–Crippen MR) is 106 cm³/mol. The molecule has 1 nitrogen and oxygen atoms in total. The van der Waals surface area contributed by atoms with E-state index in [9.17, 15) is 13.2 Å². The number of unbranched alkanes of at least 4 members (excludes halogenated alkanes) is 1. The Kier molecular flexibility index (Phi) is 7.03. The fraction of sp³-hybridized carbons (Fsp3) is 0.500. The summed E-state index contributed by atoms with van der Waals surface area (Å²) in [6.07, 6.45) is 4.92. The summed E-state index contributed by atoms with van der Waals surface area (Å²) in [6, 6.07) is 13.4. The summed E-state index contributed by atoms with van der Waals surface area (Å²) in [5.41, 5.74) is 1.76. The molecule has 3 rings (SSSR count). The van der Waals surface area contributed by atoms with Gasteiger partial charge in [0, 0.05) is 0 Å². The van der Waals surface area contributed by atoms with Gasteiger partial charge >= 0.3 is 6.18 Å². The van der Waals surface area contributed by atoms with E-state index in [1.807, 2.05) is 0 Å². The zero-order chi connectivity index (χ0) is 20.0. The molecule has 1 aliphatic rings. The summed E-state index contributed by atoms with van der Waals surface area (Å²) in [5.74, 6) is 2.01. The Labute approximate surface area is 165 Å². The number of halogens is 3. The summed E-state index contributed by atoms with van der Waals surface area (Å²) < 4.78 is 43.4. The third kappa shape index (κ3) is 5.76. The lowest BCUT2D eigenvalue weighted by atomic mass is 9.77. The molecule has 1 aliphatic carbocycles. The topological polar surface area (TPSA) is 9.23 Å². The SMILES string of the molecule is CCCC[C@H]1CC[C@H](c2ccc(COc3ccc(C(F)(F)F)cc3)cc2)CC1. The molecule has 0 amide bonds. The maximum absolute atomic E-state index is 12.6. The van der Waals surface area contributed by atoms with Crippen LogP contribution in [-0.4, -0.2) is 0 Å². The number of hydrogen-bond donors (Lipinski definition) is 0. The first-order valence-electron chi connectivity index (χ1n) is 10.3. The van der Waals surface area contributed by atoms with E-state index in [4.69, 9.17) is 4.74 Å². The fourth-order valence-corrected chi connectivity index (χ4v) is 4.07. The Morgan fingerprint density at radius 2 is 1.54 bits per heavy atom. The smallest absolute Gasteiger partial charge is 0.416 e. The molecule has 2 aromatic rings. The molecule has 0 atom stereocenters. The highest BCUT2D eigenvalue weighted by molar-refractivity contribution is 5.30. The molecule has 0 bridgehead atoms. The highest BCUT2D eigenvalue weighted by Crippen LogP contribution is 2.37. The average Bonchev–Trinajstić information content (AvgIpc) is 2.71. The van der Waals surface area contributed by atoms with Crippen LogP contribution in [0.3, 0.4) is 0 Å². The van der Waals surface area contributed by atoms with Gasteiger partial charge < -0.3 is 4.74 Å². The van der Waals surface area contributed by atoms with E-state index in [0.29, 0.717) is 18.3 Å². The normalized spacial score (nSPS) is 20.1. The van der Waals surface area contributed by atoms with Crippen molar-refractivity contribution in [3.05, 3.63) is 65.2 Å². The van der Waals surface area contributed by atoms with Crippen molar-refractivity contribution < 1.29 is 17.9 Å². The molecule has 0 unspecified atom stereocenters. The standard InChI is InChI=1S/C24H29F3O/c1-2-3-4-18-5-9-20(10-6-18)21-11-7-19(8-12-21)17-28-23-15-13-22(14-16-23)24(25,26)27/h7-8,11-16,18,20H,2-6,9-10,17H2,1H3/t18-,20-. The average molecular weight is 390 g/mol. The van der Waals surface area contributed by atoms with Crippen LogP contribution in [0.5, 0.6) is 5.75 Å². The van der Waals surface area contributed by atoms with Crippen LogP contribution in [-0.2, 0) is 12.8 Å². The minimum atomic E-state index is -4.32. The molecule has 152 valence electrons. The van der Waals surface area contributed by atoms with Crippen LogP contribution in [0.1, 0.15) is 74.5 Å². The molecule has 0 aliphatic heterocycles. The Bertz CT molecular complexity index is 711. The molecule has 0 N–H and O–H groups in total. The fourth-order valence-electron chi connectivity index (χ4n) is 4.07. The molecule has 4 heteroatoms. The van der Waals surface area contributed by atoms with Gasteiger partial charge in [-0.3, -0.25) is 0 Å². The maximum Gasteiger partial charge on any atom is 0.416 e. The van der Waals surface area contributed by atoms with E-state index in [1.165, 1.54) is 62.6 Å². The molecular formula is C24H29F3O. The van der Waals surface area contributed by atoms with Gasteiger partial charge in [0.05, 0.1) is 5.56 Å². The summed E-state index contributed by atoms with van der Waals surface area (Å²) >= 11 is 0. The molecule has 0 aromatic heterocycles. The highest BCUT2D eigenvalue weighted by Gasteiger charge is 2.30. The van der Waals surface area contributed by atoms with E-state index >= 15 is 0 Å². The van der Waals surface area contributed by atoms with Crippen LogP contribution in [0.4, 0.5) is 13.2 Å². The predicted octanol–water partition coefficient (Wildman–Crippen LogP) is 7.75. The maximum atomic E-state index is 12.6. The minimum absolute atomic E-state index is 0.357. The van der Waals surface area contributed by atoms with Crippen LogP contribution in [0.15, 0.2) is 48.5 Å². The Hall–Kier alpha value is -1.97. The van der Waals surface area contributed by atoms with E-state index in [1.54, 1.807) is 0 Å². The Morgan fingerprint density at radius 1 is 0.893 bits per heavy atom. The van der Waals surface area contributed by atoms with Crippen molar-refractivity contribution >= 4 is 0 Å². The number of hydrogen-bond acceptors (Lipinski definition) is 1. The van der Waals surface area contributed by atoms with Gasteiger partial charge in [0.25, 0.3) is 0 Å². The van der Waals surface area contributed by atoms with E-state index in [0.717, 1.165) is 23.6 Å². The van der Waals surface area contributed by atoms with Gasteiger partial charge in [-0.1, -0.05) is 50.5 Å². The summed E-state index contributed by atoms with van der Waals surface area (Å²) in [7, 11) is 0. The Balaban J connectivity index is 1.48. The number of benzene rings is 2. The van der Waals surface area contributed by atoms with Gasteiger partial charge in [-0.15, -0.1) is 0 Å². The molecule has 0 saturated heterocycles. The van der Waals surface area contributed by atoms with E-state index in [2.05, 4.69) is 31.2 Å². The summed E-state index contributed by atoms with van der Waals surface area (Å²) in [4.78, 5) is 0. The Morgan fingerprint density at radius 3 is 2.11 bits per heavy atom. The van der Waals surface area contributed by atoms with Crippen LogP contribution >= 0.6 is 0 Å². The minimum Gasteiger partial charge on any atom is -0.489 e. The largest absolute Gasteiger partial charge is 0.489 e. The number of rotatable bonds is 7. The molecule has 0 heterocycles. The van der Waals surface area contributed by atoms with Gasteiger partial charge in [-0.2, -0.15) is 13.2 Å². The lowest BCUT2D eigenvalue weighted by molar-refractivity contribution is -0.137. The van der Waals surface area contributed by atoms with Gasteiger partial charge in [-0.25, -0.2) is 0 Å². The first kappa shape index (κ1) is 20.8. The van der Waals surface area contributed by atoms with Crippen molar-refractivity contribution in [2.75, 3.05) is 0 Å². The van der Waals surface area contributed by atoms with E-state index in [-0.39, 0.29) is 0 Å². The van der Waals surface area contributed by atoms with Crippen molar-refractivity contribution in [2.24, 2.45) is 5.92 Å². The lowest BCUT2D eigenvalue weighted by Gasteiger charge is -2.29. The van der Waals surface area contributed by atoms with Crippen LogP contribution in [0, 0.1) is 5.92 Å². The summed E-state index contributed by atoms with van der Waals surface area (Å²) in [6.45, 7) is 2.61. The first-order chi connectivity index (χ1) is 13.5. The van der Waals surface area contributed by atoms with Crippen LogP contribution in [0.2, 0.25) is 0 Å². The van der Waals surface area contributed by atoms with Crippen molar-refractivity contribution in [3.8, 4) is 5.75 Å². The quantitative estimate of drug-likeness (QED) is 0.469. The molecule has 28 heavy (non-hydrogen) atoms. The number of ether oxygens (including phenoxy) is 1. The second kappa shape index (κ2) is 9.49. The second-order valence-electron chi connectivity index (χ2n) is 7.91. The molecule has 1 fully saturated rings. The molecule has 0 radical (unpaired) electrons. The molecular weight excluding hydrogens is 361 g/mol. The summed E-state index contributed by atoms with van der Waals surface area (Å²) in [5, 5.41) is 0. The van der Waals surface area contributed by atoms with E-state index < -0.39 is 11.7 Å². The number of alkyl halides is 3. The lowest BCUT2D eigenvalue weighted by Crippen LogP contribution is -2.13. The zero-order valence-electron chi connectivity index (χ0n) is 16.5. The third-order valence-electron chi connectivity index (χ3n) is 5.85. The van der Waals surface area contributed by atoms with Crippen molar-refractivity contribution in [2.45, 2.75) is 70.6 Å². The van der Waals surface area contributed by atoms with Gasteiger partial charge in [0.15, 0.2) is 0 Å². The third-order valence-corrected chi connectivity index (χ3v) is 5.85. The zero-order valence-corrected chi connectivity index (χ0v) is 16.5. The van der Waals surface area contributed by atoms with Gasteiger partial charge in [0.1, 0.15) is 12.4 Å². The highest BCUT2D eigenvalue weighted by atomic mass is 19.4. The molecule has 0 spiro atoms. The van der Waals surface area contributed by atoms with Gasteiger partial charge in [0.2, 0.25) is 0 Å². The van der Waals surface area contributed by atoms with Crippen molar-refractivity contribution in [1.29, 1.82) is 0 Å². The van der Waals surface area contributed by atoms with Crippen LogP contribution < -0.4 is 4.74 Å². The van der Waals surface area contributed by atoms with Crippen molar-refractivity contribution in [1.82, 2.24) is 0 Å². The van der Waals surface area contributed by atoms with Crippen LogP contribution in [0.25, 0.3) is 0 Å². The van der Waals surface area contributed by atoms with Crippen molar-refractivity contribution in [3.63, 3.8) is 0 Å². The monoisotopic (exact) mass is 390 g/mol. The first-order valence-corrected chi connectivity index (χ1v) is 10.3. The molecule has 2 aromatic carbocycles. The second-order valence-corrected chi connectivity index (χ2v) is 7.91.